The normalized spacial score (nSPS) is 10.1. The zero-order chi connectivity index (χ0) is 12.8. The zero-order valence-electron chi connectivity index (χ0n) is 9.77. The van der Waals surface area contributed by atoms with Crippen LogP contribution in [0.1, 0.15) is 12.0 Å². The number of aryl methyl sites for hydroxylation is 1. The third-order valence-electron chi connectivity index (χ3n) is 2.47. The molecule has 0 bridgehead atoms. The van der Waals surface area contributed by atoms with Gasteiger partial charge in [0.15, 0.2) is 0 Å². The number of benzene rings is 1. The molecule has 0 aliphatic heterocycles. The summed E-state index contributed by atoms with van der Waals surface area (Å²) in [6.45, 7) is 0. The summed E-state index contributed by atoms with van der Waals surface area (Å²) in [6, 6.07) is 11.6. The van der Waals surface area contributed by atoms with Crippen molar-refractivity contribution in [2.45, 2.75) is 12.8 Å². The Kier molecular flexibility index (Phi) is 4.69. The van der Waals surface area contributed by atoms with Crippen LogP contribution in [0.25, 0.3) is 0 Å². The summed E-state index contributed by atoms with van der Waals surface area (Å²) in [5.74, 6) is 0.0286. The van der Waals surface area contributed by atoms with E-state index in [-0.39, 0.29) is 5.91 Å². The average molecular weight is 352 g/mol. The van der Waals surface area contributed by atoms with Crippen LogP contribution in [0.5, 0.6) is 0 Å². The number of anilines is 1. The SMILES string of the molecule is O=C(CCc1cccnc1)Nc1cccc(I)c1. The molecular formula is C14H13IN2O. The highest BCUT2D eigenvalue weighted by Gasteiger charge is 2.03. The monoisotopic (exact) mass is 352 g/mol. The van der Waals surface area contributed by atoms with E-state index in [4.69, 9.17) is 0 Å². The van der Waals surface area contributed by atoms with Gasteiger partial charge in [-0.2, -0.15) is 0 Å². The molecule has 0 unspecified atom stereocenters. The number of rotatable bonds is 4. The van der Waals surface area contributed by atoms with Gasteiger partial charge in [-0.15, -0.1) is 0 Å². The Balaban J connectivity index is 1.86. The number of aromatic nitrogens is 1. The topological polar surface area (TPSA) is 42.0 Å². The van der Waals surface area contributed by atoms with Crippen molar-refractivity contribution in [3.05, 3.63) is 57.9 Å². The van der Waals surface area contributed by atoms with E-state index in [2.05, 4.69) is 32.9 Å². The Morgan fingerprint density at radius 2 is 2.17 bits per heavy atom. The summed E-state index contributed by atoms with van der Waals surface area (Å²) in [7, 11) is 0. The van der Waals surface area contributed by atoms with E-state index in [1.165, 1.54) is 0 Å². The van der Waals surface area contributed by atoms with Crippen molar-refractivity contribution < 1.29 is 4.79 Å². The van der Waals surface area contributed by atoms with Gasteiger partial charge in [0.05, 0.1) is 0 Å². The predicted octanol–water partition coefficient (Wildman–Crippen LogP) is 3.26. The number of carbonyl (C=O) groups is 1. The average Bonchev–Trinajstić information content (AvgIpc) is 2.38. The van der Waals surface area contributed by atoms with Gasteiger partial charge in [-0.05, 0) is 58.8 Å². The van der Waals surface area contributed by atoms with Gasteiger partial charge in [0.2, 0.25) is 5.91 Å². The number of nitrogens with zero attached hydrogens (tertiary/aromatic N) is 1. The maximum Gasteiger partial charge on any atom is 0.224 e. The minimum absolute atomic E-state index is 0.0286. The largest absolute Gasteiger partial charge is 0.326 e. The van der Waals surface area contributed by atoms with Crippen molar-refractivity contribution in [1.29, 1.82) is 0 Å². The van der Waals surface area contributed by atoms with E-state index in [1.54, 1.807) is 12.4 Å². The van der Waals surface area contributed by atoms with E-state index in [1.807, 2.05) is 36.4 Å². The Bertz CT molecular complexity index is 528. The number of hydrogen-bond acceptors (Lipinski definition) is 2. The summed E-state index contributed by atoms with van der Waals surface area (Å²) in [5, 5.41) is 2.89. The first-order valence-corrected chi connectivity index (χ1v) is 6.76. The van der Waals surface area contributed by atoms with Crippen molar-refractivity contribution in [3.63, 3.8) is 0 Å². The van der Waals surface area contributed by atoms with Crippen LogP contribution >= 0.6 is 22.6 Å². The molecule has 92 valence electrons. The molecule has 0 aliphatic rings. The van der Waals surface area contributed by atoms with Crippen LogP contribution in [-0.4, -0.2) is 10.9 Å². The molecule has 18 heavy (non-hydrogen) atoms. The minimum Gasteiger partial charge on any atom is -0.326 e. The second kappa shape index (κ2) is 6.49. The first-order chi connectivity index (χ1) is 8.74. The van der Waals surface area contributed by atoms with Crippen LogP contribution in [0.2, 0.25) is 0 Å². The fraction of sp³-hybridized carbons (Fsp3) is 0.143. The highest BCUT2D eigenvalue weighted by atomic mass is 127. The molecule has 0 aliphatic carbocycles. The second-order valence-electron chi connectivity index (χ2n) is 3.92. The molecule has 0 spiro atoms. The molecule has 3 nitrogen and oxygen atoms in total. The fourth-order valence-corrected chi connectivity index (χ4v) is 2.14. The molecule has 0 atom stereocenters. The number of nitrogens with one attached hydrogen (secondary N) is 1. The Morgan fingerprint density at radius 1 is 1.28 bits per heavy atom. The predicted molar refractivity (Wildman–Crippen MR) is 80.3 cm³/mol. The summed E-state index contributed by atoms with van der Waals surface area (Å²) in [4.78, 5) is 15.8. The van der Waals surface area contributed by atoms with Gasteiger partial charge >= 0.3 is 0 Å². The molecule has 0 saturated carbocycles. The molecular weight excluding hydrogens is 339 g/mol. The number of hydrogen-bond donors (Lipinski definition) is 1. The van der Waals surface area contributed by atoms with Crippen molar-refractivity contribution in [2.75, 3.05) is 5.32 Å². The van der Waals surface area contributed by atoms with Crippen molar-refractivity contribution in [1.82, 2.24) is 4.98 Å². The molecule has 0 saturated heterocycles. The Labute approximate surface area is 120 Å². The lowest BCUT2D eigenvalue weighted by Gasteiger charge is -2.05. The fourth-order valence-electron chi connectivity index (χ4n) is 1.59. The smallest absolute Gasteiger partial charge is 0.224 e. The van der Waals surface area contributed by atoms with Crippen LogP contribution in [0.15, 0.2) is 48.8 Å². The van der Waals surface area contributed by atoms with Gasteiger partial charge in [0, 0.05) is 28.1 Å². The number of pyridine rings is 1. The van der Waals surface area contributed by atoms with Crippen LogP contribution in [0, 0.1) is 3.57 Å². The lowest BCUT2D eigenvalue weighted by Crippen LogP contribution is -2.12. The van der Waals surface area contributed by atoms with Gasteiger partial charge in [0.1, 0.15) is 0 Å². The summed E-state index contributed by atoms with van der Waals surface area (Å²) >= 11 is 2.22. The van der Waals surface area contributed by atoms with Gasteiger partial charge in [-0.1, -0.05) is 12.1 Å². The van der Waals surface area contributed by atoms with Crippen LogP contribution in [0.3, 0.4) is 0 Å². The molecule has 1 aromatic carbocycles. The van der Waals surface area contributed by atoms with Crippen LogP contribution < -0.4 is 5.32 Å². The van der Waals surface area contributed by atoms with Gasteiger partial charge in [0.25, 0.3) is 0 Å². The molecule has 1 N–H and O–H groups in total. The molecule has 1 heterocycles. The highest BCUT2D eigenvalue weighted by molar-refractivity contribution is 14.1. The molecule has 2 rings (SSSR count). The maximum absolute atomic E-state index is 11.8. The van der Waals surface area contributed by atoms with Crippen LogP contribution in [-0.2, 0) is 11.2 Å². The van der Waals surface area contributed by atoms with Gasteiger partial charge in [-0.25, -0.2) is 0 Å². The zero-order valence-corrected chi connectivity index (χ0v) is 11.9. The first-order valence-electron chi connectivity index (χ1n) is 5.68. The third kappa shape index (κ3) is 4.10. The lowest BCUT2D eigenvalue weighted by atomic mass is 10.1. The summed E-state index contributed by atoms with van der Waals surface area (Å²) < 4.78 is 1.11. The minimum atomic E-state index is 0.0286. The molecule has 1 amide bonds. The lowest BCUT2D eigenvalue weighted by molar-refractivity contribution is -0.116. The third-order valence-corrected chi connectivity index (χ3v) is 3.14. The van der Waals surface area contributed by atoms with E-state index >= 15 is 0 Å². The number of amides is 1. The Hall–Kier alpha value is -1.43. The first kappa shape index (κ1) is 13.0. The van der Waals surface area contributed by atoms with Gasteiger partial charge < -0.3 is 5.32 Å². The molecule has 1 aromatic heterocycles. The van der Waals surface area contributed by atoms with Crippen molar-refractivity contribution >= 4 is 34.2 Å². The van der Waals surface area contributed by atoms with E-state index < -0.39 is 0 Å². The molecule has 2 aromatic rings. The number of carbonyl (C=O) groups excluding carboxylic acids is 1. The van der Waals surface area contributed by atoms with Crippen molar-refractivity contribution in [3.8, 4) is 0 Å². The number of halogens is 1. The molecule has 0 radical (unpaired) electrons. The highest BCUT2D eigenvalue weighted by Crippen LogP contribution is 2.13. The molecule has 4 heteroatoms. The standard InChI is InChI=1S/C14H13IN2O/c15-12-4-1-5-13(9-12)17-14(18)7-6-11-3-2-8-16-10-11/h1-5,8-10H,6-7H2,(H,17,18). The van der Waals surface area contributed by atoms with Crippen molar-refractivity contribution in [2.24, 2.45) is 0 Å². The quantitative estimate of drug-likeness (QED) is 0.859. The maximum atomic E-state index is 11.8. The Morgan fingerprint density at radius 3 is 2.89 bits per heavy atom. The van der Waals surface area contributed by atoms with Gasteiger partial charge in [-0.3, -0.25) is 9.78 Å². The summed E-state index contributed by atoms with van der Waals surface area (Å²) in [6.07, 6.45) is 4.70. The van der Waals surface area contributed by atoms with E-state index in [0.717, 1.165) is 14.8 Å². The van der Waals surface area contributed by atoms with E-state index in [0.29, 0.717) is 12.8 Å². The second-order valence-corrected chi connectivity index (χ2v) is 5.17. The molecule has 0 fully saturated rings. The summed E-state index contributed by atoms with van der Waals surface area (Å²) in [5.41, 5.74) is 1.92. The van der Waals surface area contributed by atoms with Crippen LogP contribution in [0.4, 0.5) is 5.69 Å². The van der Waals surface area contributed by atoms with E-state index in [9.17, 15) is 4.79 Å².